The second kappa shape index (κ2) is 6.81. The molecule has 1 heterocycles. The van der Waals surface area contributed by atoms with Crippen LogP contribution in [0.25, 0.3) is 6.08 Å². The lowest BCUT2D eigenvalue weighted by atomic mass is 9.95. The normalized spacial score (nSPS) is 20.7. The monoisotopic (exact) mass is 360 g/mol. The van der Waals surface area contributed by atoms with Gasteiger partial charge < -0.3 is 14.7 Å². The fourth-order valence-electron chi connectivity index (χ4n) is 4.35. The number of carboxylic acid groups (broad SMARTS) is 1. The number of benzene rings is 2. The van der Waals surface area contributed by atoms with Crippen LogP contribution in [0.4, 0.5) is 11.4 Å². The van der Waals surface area contributed by atoms with Gasteiger partial charge in [0.1, 0.15) is 17.4 Å². The van der Waals surface area contributed by atoms with E-state index in [-0.39, 0.29) is 5.57 Å². The third kappa shape index (κ3) is 2.93. The molecule has 1 aliphatic heterocycles. The van der Waals surface area contributed by atoms with Crippen molar-refractivity contribution in [3.05, 3.63) is 59.2 Å². The summed E-state index contributed by atoms with van der Waals surface area (Å²) in [5, 5.41) is 18.1. The standard InChI is InChI=1S/C22H20N2O3/c1-27-17-8-6-16(7-9-17)24-20-4-2-3-18(20)19-12-14(5-10-21(19)24)11-15(13-23)22(25)26/h5-12,18,20H,2-4H2,1H3,(H,25,26). The molecular weight excluding hydrogens is 340 g/mol. The molecule has 136 valence electrons. The molecule has 1 fully saturated rings. The van der Waals surface area contributed by atoms with E-state index in [9.17, 15) is 4.79 Å². The summed E-state index contributed by atoms with van der Waals surface area (Å²) in [5.74, 6) is 0.0711. The number of methoxy groups -OCH3 is 1. The van der Waals surface area contributed by atoms with Gasteiger partial charge >= 0.3 is 5.97 Å². The summed E-state index contributed by atoms with van der Waals surface area (Å²) >= 11 is 0. The number of aliphatic carboxylic acids is 1. The zero-order valence-corrected chi connectivity index (χ0v) is 15.1. The van der Waals surface area contributed by atoms with E-state index in [2.05, 4.69) is 17.0 Å². The highest BCUT2D eigenvalue weighted by molar-refractivity contribution is 5.96. The molecule has 0 bridgehead atoms. The first-order valence-corrected chi connectivity index (χ1v) is 9.04. The smallest absolute Gasteiger partial charge is 0.346 e. The molecule has 2 aliphatic rings. The van der Waals surface area contributed by atoms with Crippen molar-refractivity contribution in [2.24, 2.45) is 0 Å². The molecule has 2 aromatic carbocycles. The number of hydrogen-bond donors (Lipinski definition) is 1. The molecule has 2 unspecified atom stereocenters. The van der Waals surface area contributed by atoms with Crippen LogP contribution >= 0.6 is 0 Å². The maximum atomic E-state index is 11.1. The van der Waals surface area contributed by atoms with E-state index in [0.29, 0.717) is 12.0 Å². The third-order valence-corrected chi connectivity index (χ3v) is 5.53. The summed E-state index contributed by atoms with van der Waals surface area (Å²) in [6.45, 7) is 0. The first kappa shape index (κ1) is 17.2. The van der Waals surface area contributed by atoms with E-state index in [4.69, 9.17) is 15.1 Å². The highest BCUT2D eigenvalue weighted by atomic mass is 16.5. The van der Waals surface area contributed by atoms with E-state index in [1.54, 1.807) is 13.2 Å². The lowest BCUT2D eigenvalue weighted by Gasteiger charge is -2.27. The van der Waals surface area contributed by atoms with Crippen LogP contribution in [0.2, 0.25) is 0 Å². The highest BCUT2D eigenvalue weighted by Crippen LogP contribution is 2.52. The van der Waals surface area contributed by atoms with Gasteiger partial charge in [-0.1, -0.05) is 12.5 Å². The van der Waals surface area contributed by atoms with Gasteiger partial charge in [-0.3, -0.25) is 0 Å². The second-order valence-corrected chi connectivity index (χ2v) is 6.97. The van der Waals surface area contributed by atoms with Gasteiger partial charge in [0.15, 0.2) is 0 Å². The first-order valence-electron chi connectivity index (χ1n) is 9.04. The van der Waals surface area contributed by atoms with Crippen LogP contribution in [0.15, 0.2) is 48.0 Å². The largest absolute Gasteiger partial charge is 0.497 e. The zero-order chi connectivity index (χ0) is 19.0. The Kier molecular flexibility index (Phi) is 4.33. The molecule has 4 rings (SSSR count). The Morgan fingerprint density at radius 2 is 2.04 bits per heavy atom. The number of hydrogen-bond acceptors (Lipinski definition) is 4. The lowest BCUT2D eigenvalue weighted by molar-refractivity contribution is -0.132. The number of fused-ring (bicyclic) bond motifs is 3. The Morgan fingerprint density at radius 1 is 1.26 bits per heavy atom. The molecule has 1 saturated carbocycles. The van der Waals surface area contributed by atoms with Crippen LogP contribution in [0, 0.1) is 11.3 Å². The quantitative estimate of drug-likeness (QED) is 0.643. The van der Waals surface area contributed by atoms with Crippen LogP contribution in [0.3, 0.4) is 0 Å². The van der Waals surface area contributed by atoms with Crippen LogP contribution in [0.1, 0.15) is 36.3 Å². The van der Waals surface area contributed by atoms with Gasteiger partial charge in [0.25, 0.3) is 0 Å². The number of nitriles is 1. The Labute approximate surface area is 158 Å². The minimum absolute atomic E-state index is 0.247. The van der Waals surface area contributed by atoms with Gasteiger partial charge in [-0.2, -0.15) is 5.26 Å². The van der Waals surface area contributed by atoms with Gasteiger partial charge in [-0.25, -0.2) is 4.79 Å². The second-order valence-electron chi connectivity index (χ2n) is 6.97. The van der Waals surface area contributed by atoms with Crippen LogP contribution < -0.4 is 9.64 Å². The fourth-order valence-corrected chi connectivity index (χ4v) is 4.35. The molecule has 2 atom stereocenters. The van der Waals surface area contributed by atoms with Crippen molar-refractivity contribution in [1.82, 2.24) is 0 Å². The molecule has 0 spiro atoms. The van der Waals surface area contributed by atoms with E-state index in [0.717, 1.165) is 29.8 Å². The lowest BCUT2D eigenvalue weighted by Crippen LogP contribution is -2.26. The summed E-state index contributed by atoms with van der Waals surface area (Å²) in [4.78, 5) is 13.5. The molecule has 0 saturated heterocycles. The van der Waals surface area contributed by atoms with Crippen molar-refractivity contribution in [3.63, 3.8) is 0 Å². The number of nitrogens with zero attached hydrogens (tertiary/aromatic N) is 2. The SMILES string of the molecule is COc1ccc(N2c3ccc(C=C(C#N)C(=O)O)cc3C3CCCC32)cc1. The Hall–Kier alpha value is -3.26. The average molecular weight is 360 g/mol. The molecule has 27 heavy (non-hydrogen) atoms. The van der Waals surface area contributed by atoms with Gasteiger partial charge in [-0.05, 0) is 66.4 Å². The molecule has 1 aliphatic carbocycles. The summed E-state index contributed by atoms with van der Waals surface area (Å²) in [6, 6.07) is 16.2. The van der Waals surface area contributed by atoms with Crippen LogP contribution in [-0.2, 0) is 4.79 Å². The Morgan fingerprint density at radius 3 is 2.70 bits per heavy atom. The molecule has 5 heteroatoms. The molecule has 1 N–H and O–H groups in total. The van der Waals surface area contributed by atoms with Gasteiger partial charge in [0, 0.05) is 23.3 Å². The maximum absolute atomic E-state index is 11.1. The van der Waals surface area contributed by atoms with Crippen molar-refractivity contribution in [1.29, 1.82) is 5.26 Å². The number of carbonyl (C=O) groups is 1. The number of ether oxygens (including phenoxy) is 1. The summed E-state index contributed by atoms with van der Waals surface area (Å²) in [7, 11) is 1.66. The van der Waals surface area contributed by atoms with Crippen molar-refractivity contribution < 1.29 is 14.6 Å². The molecule has 5 nitrogen and oxygen atoms in total. The Bertz CT molecular complexity index is 957. The van der Waals surface area contributed by atoms with E-state index in [1.807, 2.05) is 30.3 Å². The molecule has 0 aromatic heterocycles. The topological polar surface area (TPSA) is 73.6 Å². The maximum Gasteiger partial charge on any atom is 0.346 e. The van der Waals surface area contributed by atoms with Crippen LogP contribution in [0.5, 0.6) is 5.75 Å². The van der Waals surface area contributed by atoms with Gasteiger partial charge in [0.05, 0.1) is 7.11 Å². The number of rotatable bonds is 4. The van der Waals surface area contributed by atoms with E-state index >= 15 is 0 Å². The predicted molar refractivity (Wildman–Crippen MR) is 103 cm³/mol. The van der Waals surface area contributed by atoms with E-state index in [1.165, 1.54) is 23.7 Å². The van der Waals surface area contributed by atoms with Crippen molar-refractivity contribution >= 4 is 23.4 Å². The van der Waals surface area contributed by atoms with E-state index < -0.39 is 5.97 Å². The average Bonchev–Trinajstić information content (AvgIpc) is 3.26. The number of carboxylic acids is 1. The third-order valence-electron chi connectivity index (χ3n) is 5.53. The van der Waals surface area contributed by atoms with Gasteiger partial charge in [-0.15, -0.1) is 0 Å². The molecule has 0 amide bonds. The predicted octanol–water partition coefficient (Wildman–Crippen LogP) is 4.47. The van der Waals surface area contributed by atoms with Crippen molar-refractivity contribution in [3.8, 4) is 11.8 Å². The molecular formula is C22H20N2O3. The minimum Gasteiger partial charge on any atom is -0.497 e. The summed E-state index contributed by atoms with van der Waals surface area (Å²) in [6.07, 6.45) is 4.89. The van der Waals surface area contributed by atoms with Gasteiger partial charge in [0.2, 0.25) is 0 Å². The van der Waals surface area contributed by atoms with Crippen molar-refractivity contribution in [2.45, 2.75) is 31.2 Å². The Balaban J connectivity index is 1.76. The fraction of sp³-hybridized carbons (Fsp3) is 0.273. The highest BCUT2D eigenvalue weighted by Gasteiger charge is 2.42. The minimum atomic E-state index is -1.20. The zero-order valence-electron chi connectivity index (χ0n) is 15.1. The molecule has 2 aromatic rings. The summed E-state index contributed by atoms with van der Waals surface area (Å²) < 4.78 is 5.27. The molecule has 0 radical (unpaired) electrons. The number of anilines is 2. The first-order chi connectivity index (χ1) is 13.1. The van der Waals surface area contributed by atoms with Crippen LogP contribution in [-0.4, -0.2) is 24.2 Å². The summed E-state index contributed by atoms with van der Waals surface area (Å²) in [5.41, 5.74) is 4.06. The van der Waals surface area contributed by atoms with Crippen molar-refractivity contribution in [2.75, 3.05) is 12.0 Å².